The van der Waals surface area contributed by atoms with E-state index in [-0.39, 0.29) is 0 Å². The molecular weight excluding hydrogens is 174 g/mol. The molecule has 0 radical (unpaired) electrons. The van der Waals surface area contributed by atoms with Gasteiger partial charge in [0.1, 0.15) is 0 Å². The van der Waals surface area contributed by atoms with Gasteiger partial charge in [-0.1, -0.05) is 6.42 Å². The fraction of sp³-hybridized carbons (Fsp3) is 1.00. The second-order valence-corrected chi connectivity index (χ2v) is 5.96. The first-order chi connectivity index (χ1) is 6.64. The number of hydrogen-bond donors (Lipinski definition) is 1. The van der Waals surface area contributed by atoms with Crippen LogP contribution in [0.1, 0.15) is 39.0 Å². The normalized spacial score (nSPS) is 53.1. The van der Waals surface area contributed by atoms with E-state index in [0.717, 1.165) is 37.4 Å². The van der Waals surface area contributed by atoms with E-state index in [9.17, 15) is 5.11 Å². The van der Waals surface area contributed by atoms with Crippen molar-refractivity contribution in [1.82, 2.24) is 4.90 Å². The quantitative estimate of drug-likeness (QED) is 0.687. The maximum Gasteiger partial charge on any atom is 0.0758 e. The third kappa shape index (κ3) is 1.40. The van der Waals surface area contributed by atoms with Gasteiger partial charge in [-0.25, -0.2) is 0 Å². The van der Waals surface area contributed by atoms with E-state index in [0.29, 0.717) is 0 Å². The van der Waals surface area contributed by atoms with Crippen molar-refractivity contribution in [2.75, 3.05) is 13.1 Å². The maximum atomic E-state index is 9.95. The Balaban J connectivity index is 1.67. The van der Waals surface area contributed by atoms with Crippen LogP contribution < -0.4 is 0 Å². The minimum atomic E-state index is -0.401. The zero-order valence-electron chi connectivity index (χ0n) is 9.08. The fourth-order valence-corrected chi connectivity index (χ4v) is 3.92. The molecule has 80 valence electrons. The van der Waals surface area contributed by atoms with Gasteiger partial charge in [-0.05, 0) is 44.4 Å². The van der Waals surface area contributed by atoms with Crippen LogP contribution >= 0.6 is 0 Å². The highest BCUT2D eigenvalue weighted by Crippen LogP contribution is 2.47. The van der Waals surface area contributed by atoms with Crippen LogP contribution in [0.3, 0.4) is 0 Å². The maximum absolute atomic E-state index is 9.95. The van der Waals surface area contributed by atoms with Crippen molar-refractivity contribution < 1.29 is 5.11 Å². The van der Waals surface area contributed by atoms with Crippen LogP contribution in [0, 0.1) is 11.8 Å². The minimum absolute atomic E-state index is 0.401. The molecule has 2 nitrogen and oxygen atoms in total. The average molecular weight is 195 g/mol. The van der Waals surface area contributed by atoms with E-state index in [1.54, 1.807) is 0 Å². The van der Waals surface area contributed by atoms with Gasteiger partial charge in [0.2, 0.25) is 0 Å². The van der Waals surface area contributed by atoms with Gasteiger partial charge >= 0.3 is 0 Å². The first kappa shape index (κ1) is 9.17. The summed E-state index contributed by atoms with van der Waals surface area (Å²) in [7, 11) is 0. The summed E-state index contributed by atoms with van der Waals surface area (Å²) in [5.41, 5.74) is -0.401. The first-order valence-electron chi connectivity index (χ1n) is 6.10. The summed E-state index contributed by atoms with van der Waals surface area (Å²) in [4.78, 5) is 2.56. The van der Waals surface area contributed by atoms with Crippen LogP contribution in [0.15, 0.2) is 0 Å². The highest BCUT2D eigenvalue weighted by Gasteiger charge is 2.45. The van der Waals surface area contributed by atoms with Crippen LogP contribution in [0.2, 0.25) is 0 Å². The number of nitrogens with zero attached hydrogens (tertiary/aromatic N) is 1. The van der Waals surface area contributed by atoms with Gasteiger partial charge < -0.3 is 5.11 Å². The predicted octanol–water partition coefficient (Wildman–Crippen LogP) is 1.63. The monoisotopic (exact) mass is 195 g/mol. The molecule has 2 bridgehead atoms. The highest BCUT2D eigenvalue weighted by atomic mass is 16.3. The largest absolute Gasteiger partial charge is 0.389 e. The fourth-order valence-electron chi connectivity index (χ4n) is 3.92. The summed E-state index contributed by atoms with van der Waals surface area (Å²) in [6.45, 7) is 4.03. The van der Waals surface area contributed by atoms with E-state index < -0.39 is 5.60 Å². The Hall–Kier alpha value is -0.0800. The standard InChI is InChI=1S/C12H21NO/c1-12(14)4-5-13(8-12)11-7-9-2-3-10(11)6-9/h9-11,14H,2-8H2,1H3. The van der Waals surface area contributed by atoms with Gasteiger partial charge in [0.25, 0.3) is 0 Å². The molecule has 4 atom stereocenters. The van der Waals surface area contributed by atoms with Crippen molar-refractivity contribution in [3.8, 4) is 0 Å². The van der Waals surface area contributed by atoms with Gasteiger partial charge in [0, 0.05) is 19.1 Å². The summed E-state index contributed by atoms with van der Waals surface area (Å²) in [5, 5.41) is 9.95. The van der Waals surface area contributed by atoms with E-state index in [2.05, 4.69) is 4.90 Å². The van der Waals surface area contributed by atoms with Crippen LogP contribution in [0.4, 0.5) is 0 Å². The van der Waals surface area contributed by atoms with Crippen molar-refractivity contribution in [2.45, 2.75) is 50.7 Å². The molecule has 0 aromatic rings. The van der Waals surface area contributed by atoms with Gasteiger partial charge in [-0.2, -0.15) is 0 Å². The molecule has 4 unspecified atom stereocenters. The van der Waals surface area contributed by atoms with Crippen molar-refractivity contribution in [3.63, 3.8) is 0 Å². The lowest BCUT2D eigenvalue weighted by molar-refractivity contribution is 0.0560. The predicted molar refractivity (Wildman–Crippen MR) is 56.0 cm³/mol. The summed E-state index contributed by atoms with van der Waals surface area (Å²) < 4.78 is 0. The van der Waals surface area contributed by atoms with Crippen LogP contribution in [-0.4, -0.2) is 34.7 Å². The summed E-state index contributed by atoms with van der Waals surface area (Å²) in [5.74, 6) is 1.99. The zero-order chi connectivity index (χ0) is 9.76. The molecule has 0 aromatic heterocycles. The number of hydrogen-bond acceptors (Lipinski definition) is 2. The van der Waals surface area contributed by atoms with E-state index in [1.165, 1.54) is 25.7 Å². The molecule has 1 heterocycles. The number of fused-ring (bicyclic) bond motifs is 2. The lowest BCUT2D eigenvalue weighted by Gasteiger charge is -2.31. The Labute approximate surface area is 86.3 Å². The second kappa shape index (κ2) is 2.96. The molecule has 14 heavy (non-hydrogen) atoms. The molecule has 1 N–H and O–H groups in total. The molecule has 2 aliphatic carbocycles. The summed E-state index contributed by atoms with van der Waals surface area (Å²) in [6.07, 6.45) is 6.80. The average Bonchev–Trinajstić information content (AvgIpc) is 2.77. The zero-order valence-corrected chi connectivity index (χ0v) is 9.08. The molecule has 3 rings (SSSR count). The first-order valence-corrected chi connectivity index (χ1v) is 6.10. The summed E-state index contributed by atoms with van der Waals surface area (Å²) in [6, 6.07) is 0.822. The highest BCUT2D eigenvalue weighted by molar-refractivity contribution is 4.99. The van der Waals surface area contributed by atoms with Crippen molar-refractivity contribution in [3.05, 3.63) is 0 Å². The molecule has 1 aliphatic heterocycles. The lowest BCUT2D eigenvalue weighted by Crippen LogP contribution is -2.39. The number of likely N-dealkylation sites (tertiary alicyclic amines) is 1. The van der Waals surface area contributed by atoms with Crippen molar-refractivity contribution in [2.24, 2.45) is 11.8 Å². The van der Waals surface area contributed by atoms with Crippen molar-refractivity contribution >= 4 is 0 Å². The van der Waals surface area contributed by atoms with Gasteiger partial charge in [0.05, 0.1) is 5.60 Å². The van der Waals surface area contributed by atoms with E-state index in [1.807, 2.05) is 6.92 Å². The summed E-state index contributed by atoms with van der Waals surface area (Å²) >= 11 is 0. The Morgan fingerprint density at radius 1 is 1.29 bits per heavy atom. The number of aliphatic hydroxyl groups is 1. The molecule has 0 aromatic carbocycles. The van der Waals surface area contributed by atoms with Gasteiger partial charge in [-0.3, -0.25) is 4.90 Å². The molecule has 3 fully saturated rings. The molecular formula is C12H21NO. The number of β-amino-alcohol motifs (C(OH)–C–C–N with tert-alkyl or cyclic N) is 1. The third-order valence-corrected chi connectivity index (χ3v) is 4.65. The molecule has 2 heteroatoms. The Morgan fingerprint density at radius 3 is 2.64 bits per heavy atom. The van der Waals surface area contributed by atoms with Crippen molar-refractivity contribution in [1.29, 1.82) is 0 Å². The third-order valence-electron chi connectivity index (χ3n) is 4.65. The van der Waals surface area contributed by atoms with Gasteiger partial charge in [-0.15, -0.1) is 0 Å². The van der Waals surface area contributed by atoms with Crippen LogP contribution in [0.5, 0.6) is 0 Å². The van der Waals surface area contributed by atoms with Gasteiger partial charge in [0.15, 0.2) is 0 Å². The number of rotatable bonds is 1. The lowest BCUT2D eigenvalue weighted by atomic mass is 9.94. The molecule has 0 spiro atoms. The van der Waals surface area contributed by atoms with Crippen LogP contribution in [-0.2, 0) is 0 Å². The molecule has 2 saturated carbocycles. The topological polar surface area (TPSA) is 23.5 Å². The molecule has 0 amide bonds. The molecule has 1 saturated heterocycles. The van der Waals surface area contributed by atoms with E-state index in [4.69, 9.17) is 0 Å². The Bertz CT molecular complexity index is 238. The van der Waals surface area contributed by atoms with Crippen LogP contribution in [0.25, 0.3) is 0 Å². The Morgan fingerprint density at radius 2 is 2.14 bits per heavy atom. The smallest absolute Gasteiger partial charge is 0.0758 e. The minimum Gasteiger partial charge on any atom is -0.389 e. The second-order valence-electron chi connectivity index (χ2n) is 5.96. The SMILES string of the molecule is CC1(O)CCN(C2CC3CCC2C3)C1. The Kier molecular flexibility index (Phi) is 1.94. The van der Waals surface area contributed by atoms with E-state index >= 15 is 0 Å². The molecule has 3 aliphatic rings.